The number of nitrogens with two attached hydrogens (primary N) is 1. The van der Waals surface area contributed by atoms with Crippen LogP contribution in [0.2, 0.25) is 0 Å². The van der Waals surface area contributed by atoms with Crippen molar-refractivity contribution in [3.8, 4) is 0 Å². The van der Waals surface area contributed by atoms with Crippen molar-refractivity contribution in [1.82, 2.24) is 4.68 Å². The van der Waals surface area contributed by atoms with Crippen molar-refractivity contribution in [1.29, 1.82) is 0 Å². The normalized spacial score (nSPS) is 31.3. The van der Waals surface area contributed by atoms with Gasteiger partial charge in [-0.3, -0.25) is 4.79 Å². The molecule has 1 aromatic rings. The highest BCUT2D eigenvalue weighted by Gasteiger charge is 2.39. The first-order valence-electron chi connectivity index (χ1n) is 8.01. The molecule has 20 heavy (non-hydrogen) atoms. The van der Waals surface area contributed by atoms with E-state index in [4.69, 9.17) is 5.84 Å². The van der Waals surface area contributed by atoms with Gasteiger partial charge in [0.15, 0.2) is 0 Å². The van der Waals surface area contributed by atoms with Crippen molar-refractivity contribution in [2.45, 2.75) is 57.4 Å². The maximum absolute atomic E-state index is 12.1. The fourth-order valence-corrected chi connectivity index (χ4v) is 4.62. The highest BCUT2D eigenvalue weighted by molar-refractivity contribution is 5.54. The predicted molar refractivity (Wildman–Crippen MR) is 80.4 cm³/mol. The number of fused-ring (bicyclic) bond motifs is 3. The van der Waals surface area contributed by atoms with E-state index in [-0.39, 0.29) is 5.56 Å². The van der Waals surface area contributed by atoms with Gasteiger partial charge in [0.25, 0.3) is 5.56 Å². The van der Waals surface area contributed by atoms with Crippen molar-refractivity contribution in [3.63, 3.8) is 0 Å². The van der Waals surface area contributed by atoms with E-state index < -0.39 is 0 Å². The Labute approximate surface area is 119 Å². The highest BCUT2D eigenvalue weighted by atomic mass is 16.1. The molecular formula is C16H23N3O. The van der Waals surface area contributed by atoms with Gasteiger partial charge in [0.2, 0.25) is 0 Å². The fourth-order valence-electron chi connectivity index (χ4n) is 4.62. The molecule has 1 aromatic heterocycles. The minimum atomic E-state index is -0.00167. The van der Waals surface area contributed by atoms with Crippen molar-refractivity contribution in [3.05, 3.63) is 27.7 Å². The first-order chi connectivity index (χ1) is 9.72. The average Bonchev–Trinajstić information content (AvgIpc) is 3.07. The van der Waals surface area contributed by atoms with Gasteiger partial charge in [-0.05, 0) is 62.3 Å². The molecule has 3 aliphatic carbocycles. The maximum Gasteiger partial charge on any atom is 0.272 e. The summed E-state index contributed by atoms with van der Waals surface area (Å²) >= 11 is 0. The smallest absolute Gasteiger partial charge is 0.272 e. The molecule has 0 radical (unpaired) electrons. The number of hydrogen-bond donors (Lipinski definition) is 2. The third kappa shape index (κ3) is 1.85. The van der Waals surface area contributed by atoms with Gasteiger partial charge in [0.05, 0.1) is 11.9 Å². The molecule has 1 heterocycles. The monoisotopic (exact) mass is 273 g/mol. The van der Waals surface area contributed by atoms with E-state index in [0.717, 1.165) is 42.3 Å². The summed E-state index contributed by atoms with van der Waals surface area (Å²) in [6.07, 6.45) is 11.5. The number of anilines is 1. The van der Waals surface area contributed by atoms with Crippen LogP contribution in [-0.4, -0.2) is 10.7 Å². The molecule has 3 atom stereocenters. The Bertz CT molecular complexity index is 592. The molecule has 0 amide bonds. The summed E-state index contributed by atoms with van der Waals surface area (Å²) in [4.78, 5) is 12.1. The van der Waals surface area contributed by atoms with Gasteiger partial charge in [-0.1, -0.05) is 6.42 Å². The van der Waals surface area contributed by atoms with E-state index in [1.165, 1.54) is 42.3 Å². The molecule has 0 unspecified atom stereocenters. The summed E-state index contributed by atoms with van der Waals surface area (Å²) in [5.41, 5.74) is 3.31. The van der Waals surface area contributed by atoms with Gasteiger partial charge in [0.1, 0.15) is 0 Å². The van der Waals surface area contributed by atoms with Crippen LogP contribution in [0.3, 0.4) is 0 Å². The molecule has 4 rings (SSSR count). The Hall–Kier alpha value is -1.45. The highest BCUT2D eigenvalue weighted by Crippen LogP contribution is 2.45. The predicted octanol–water partition coefficient (Wildman–Crippen LogP) is 2.04. The Morgan fingerprint density at radius 3 is 2.65 bits per heavy atom. The first kappa shape index (κ1) is 12.3. The quantitative estimate of drug-likeness (QED) is 0.811. The summed E-state index contributed by atoms with van der Waals surface area (Å²) < 4.78 is 1.28. The lowest BCUT2D eigenvalue weighted by Crippen LogP contribution is -2.34. The minimum absolute atomic E-state index is 0.00167. The third-order valence-electron chi connectivity index (χ3n) is 5.63. The van der Waals surface area contributed by atoms with Crippen LogP contribution >= 0.6 is 0 Å². The van der Waals surface area contributed by atoms with E-state index in [1.54, 1.807) is 0 Å². The van der Waals surface area contributed by atoms with Gasteiger partial charge < -0.3 is 11.2 Å². The van der Waals surface area contributed by atoms with E-state index in [0.29, 0.717) is 6.04 Å². The van der Waals surface area contributed by atoms with Crippen LogP contribution in [0.1, 0.15) is 49.7 Å². The zero-order chi connectivity index (χ0) is 13.7. The van der Waals surface area contributed by atoms with Crippen LogP contribution in [0.4, 0.5) is 5.69 Å². The molecule has 4 nitrogen and oxygen atoms in total. The average molecular weight is 273 g/mol. The van der Waals surface area contributed by atoms with Crippen LogP contribution in [0.5, 0.6) is 0 Å². The minimum Gasteiger partial charge on any atom is -0.381 e. The molecular weight excluding hydrogens is 250 g/mol. The molecule has 0 spiro atoms. The van der Waals surface area contributed by atoms with Crippen molar-refractivity contribution in [2.24, 2.45) is 11.8 Å². The summed E-state index contributed by atoms with van der Waals surface area (Å²) in [5, 5.41) is 3.73. The summed E-state index contributed by atoms with van der Waals surface area (Å²) in [6, 6.07) is 0.595. The van der Waals surface area contributed by atoms with Crippen molar-refractivity contribution in [2.75, 3.05) is 11.2 Å². The molecule has 3 aliphatic rings. The van der Waals surface area contributed by atoms with Crippen molar-refractivity contribution < 1.29 is 0 Å². The zero-order valence-electron chi connectivity index (χ0n) is 11.9. The molecule has 0 saturated heterocycles. The summed E-state index contributed by atoms with van der Waals surface area (Å²) in [7, 11) is 0. The van der Waals surface area contributed by atoms with E-state index >= 15 is 0 Å². The molecule has 2 saturated carbocycles. The van der Waals surface area contributed by atoms with Crippen LogP contribution in [0.15, 0.2) is 11.0 Å². The Kier molecular flexibility index (Phi) is 2.79. The van der Waals surface area contributed by atoms with E-state index in [1.807, 2.05) is 6.20 Å². The molecule has 3 N–H and O–H groups in total. The molecule has 2 fully saturated rings. The van der Waals surface area contributed by atoms with E-state index in [9.17, 15) is 4.79 Å². The largest absolute Gasteiger partial charge is 0.381 e. The molecule has 2 bridgehead atoms. The van der Waals surface area contributed by atoms with Crippen LogP contribution in [0.25, 0.3) is 0 Å². The van der Waals surface area contributed by atoms with Crippen LogP contribution < -0.4 is 16.7 Å². The molecule has 108 valence electrons. The number of rotatable bonds is 2. The number of pyridine rings is 1. The second-order valence-corrected chi connectivity index (χ2v) is 6.85. The topological polar surface area (TPSA) is 60.0 Å². The molecule has 0 aliphatic heterocycles. The lowest BCUT2D eigenvalue weighted by atomic mass is 9.90. The fraction of sp³-hybridized carbons (Fsp3) is 0.688. The molecule has 0 aromatic carbocycles. The summed E-state index contributed by atoms with van der Waals surface area (Å²) in [5.74, 6) is 7.62. The number of nitrogens with zero attached hydrogens (tertiary/aromatic N) is 1. The Balaban J connectivity index is 1.67. The Morgan fingerprint density at radius 2 is 1.95 bits per heavy atom. The van der Waals surface area contributed by atoms with Gasteiger partial charge in [-0.2, -0.15) is 0 Å². The number of aromatic nitrogens is 1. The van der Waals surface area contributed by atoms with Gasteiger partial charge >= 0.3 is 0 Å². The van der Waals surface area contributed by atoms with Gasteiger partial charge in [-0.25, -0.2) is 4.68 Å². The Morgan fingerprint density at radius 1 is 1.15 bits per heavy atom. The SMILES string of the molecule is Nn1cc(N[C@@H]2C[C@H]3CC[C@@H]2C3)c2c(c1=O)CCCC2. The molecule has 4 heteroatoms. The number of hydrogen-bond acceptors (Lipinski definition) is 3. The second kappa shape index (κ2) is 4.54. The van der Waals surface area contributed by atoms with Gasteiger partial charge in [-0.15, -0.1) is 0 Å². The third-order valence-corrected chi connectivity index (χ3v) is 5.63. The lowest BCUT2D eigenvalue weighted by molar-refractivity contribution is 0.439. The van der Waals surface area contributed by atoms with E-state index in [2.05, 4.69) is 5.32 Å². The van der Waals surface area contributed by atoms with Crippen LogP contribution in [-0.2, 0) is 12.8 Å². The van der Waals surface area contributed by atoms with Crippen LogP contribution in [0, 0.1) is 11.8 Å². The second-order valence-electron chi connectivity index (χ2n) is 6.85. The lowest BCUT2D eigenvalue weighted by Gasteiger charge is -2.27. The first-order valence-corrected chi connectivity index (χ1v) is 8.01. The van der Waals surface area contributed by atoms with Gasteiger partial charge in [0, 0.05) is 11.6 Å². The maximum atomic E-state index is 12.1. The zero-order valence-corrected chi connectivity index (χ0v) is 11.9. The number of nitrogens with one attached hydrogen (secondary N) is 1. The van der Waals surface area contributed by atoms with Crippen molar-refractivity contribution >= 4 is 5.69 Å². The number of nitrogen functional groups attached to an aromatic ring is 1. The summed E-state index contributed by atoms with van der Waals surface area (Å²) in [6.45, 7) is 0. The standard InChI is InChI=1S/C16H23N3O/c17-19-9-15(12-3-1-2-4-13(12)16(19)20)18-14-8-10-5-6-11(14)7-10/h9-11,14,18H,1-8,17H2/t10-,11+,14+/m0/s1.